The number of carbonyl (C=O) groups is 2. The number of hydrogen-bond donors (Lipinski definition) is 3. The number of hydrogen-bond acceptors (Lipinski definition) is 6. The normalized spacial score (nSPS) is 25.2. The lowest BCUT2D eigenvalue weighted by molar-refractivity contribution is -0.150. The fourth-order valence-electron chi connectivity index (χ4n) is 3.64. The van der Waals surface area contributed by atoms with Gasteiger partial charge in [-0.15, -0.1) is 0 Å². The van der Waals surface area contributed by atoms with E-state index in [0.717, 1.165) is 24.2 Å². The number of amides is 1. The molecule has 2 aliphatic heterocycles. The SMILES string of the molecule is NCc1ccc(N2CC(CN3CCCC(C(O)C(=O)O)C3)OC2=O)cc1. The Balaban J connectivity index is 1.57. The third kappa shape index (κ3) is 4.14. The number of nitrogens with two attached hydrogens (primary N) is 1. The third-order valence-electron chi connectivity index (χ3n) is 5.06. The molecule has 0 aliphatic carbocycles. The molecule has 2 saturated heterocycles. The van der Waals surface area contributed by atoms with Crippen molar-refractivity contribution in [3.8, 4) is 0 Å². The van der Waals surface area contributed by atoms with Gasteiger partial charge in [0.25, 0.3) is 0 Å². The van der Waals surface area contributed by atoms with Crippen molar-refractivity contribution in [3.63, 3.8) is 0 Å². The summed E-state index contributed by atoms with van der Waals surface area (Å²) in [5.74, 6) is -1.48. The first-order valence-electron chi connectivity index (χ1n) is 8.88. The van der Waals surface area contributed by atoms with E-state index in [4.69, 9.17) is 15.6 Å². The number of aliphatic hydroxyl groups is 1. The molecule has 2 aliphatic rings. The Kier molecular flexibility index (Phi) is 5.75. The highest BCUT2D eigenvalue weighted by molar-refractivity contribution is 5.89. The summed E-state index contributed by atoms with van der Waals surface area (Å²) in [4.78, 5) is 26.8. The molecule has 1 amide bonds. The summed E-state index contributed by atoms with van der Waals surface area (Å²) in [7, 11) is 0. The van der Waals surface area contributed by atoms with Crippen LogP contribution in [0.5, 0.6) is 0 Å². The largest absolute Gasteiger partial charge is 0.479 e. The maximum absolute atomic E-state index is 12.2. The monoisotopic (exact) mass is 363 g/mol. The molecular weight excluding hydrogens is 338 g/mol. The van der Waals surface area contributed by atoms with Crippen molar-refractivity contribution in [1.29, 1.82) is 0 Å². The number of carboxylic acid groups (broad SMARTS) is 1. The molecule has 0 spiro atoms. The van der Waals surface area contributed by atoms with Gasteiger partial charge in [0.2, 0.25) is 0 Å². The topological polar surface area (TPSA) is 116 Å². The predicted octanol–water partition coefficient (Wildman–Crippen LogP) is 0.628. The molecule has 8 heteroatoms. The molecule has 0 aromatic heterocycles. The van der Waals surface area contributed by atoms with Crippen LogP contribution in [0.2, 0.25) is 0 Å². The van der Waals surface area contributed by atoms with Gasteiger partial charge in [0, 0.05) is 31.2 Å². The van der Waals surface area contributed by atoms with Gasteiger partial charge in [0.15, 0.2) is 6.10 Å². The van der Waals surface area contributed by atoms with Crippen molar-refractivity contribution >= 4 is 17.7 Å². The van der Waals surface area contributed by atoms with E-state index < -0.39 is 12.1 Å². The number of likely N-dealkylation sites (tertiary alicyclic amines) is 1. The molecule has 0 radical (unpaired) electrons. The van der Waals surface area contributed by atoms with E-state index in [9.17, 15) is 14.7 Å². The second kappa shape index (κ2) is 8.03. The van der Waals surface area contributed by atoms with Crippen LogP contribution in [0, 0.1) is 5.92 Å². The van der Waals surface area contributed by atoms with Crippen molar-refractivity contribution in [2.45, 2.75) is 31.6 Å². The number of aliphatic carboxylic acids is 1. The van der Waals surface area contributed by atoms with Crippen LogP contribution in [-0.2, 0) is 16.1 Å². The van der Waals surface area contributed by atoms with Crippen molar-refractivity contribution in [3.05, 3.63) is 29.8 Å². The highest BCUT2D eigenvalue weighted by atomic mass is 16.6. The van der Waals surface area contributed by atoms with E-state index in [-0.39, 0.29) is 18.1 Å². The Morgan fingerprint density at radius 2 is 2.04 bits per heavy atom. The number of piperidine rings is 1. The molecule has 3 rings (SSSR count). The van der Waals surface area contributed by atoms with Gasteiger partial charge < -0.3 is 20.7 Å². The molecule has 2 heterocycles. The molecule has 8 nitrogen and oxygen atoms in total. The fraction of sp³-hybridized carbons (Fsp3) is 0.556. The standard InChI is InChI=1S/C18H25N3O5/c19-8-12-3-5-14(6-4-12)21-11-15(26-18(21)25)10-20-7-1-2-13(9-20)16(22)17(23)24/h3-6,13,15-16,22H,1-2,7-11,19H2,(H,23,24). The summed E-state index contributed by atoms with van der Waals surface area (Å²) >= 11 is 0. The number of nitrogens with zero attached hydrogens (tertiary/aromatic N) is 2. The van der Waals surface area contributed by atoms with E-state index in [1.54, 1.807) is 4.90 Å². The number of anilines is 1. The third-order valence-corrected chi connectivity index (χ3v) is 5.06. The Hall–Kier alpha value is -2.16. The molecule has 0 saturated carbocycles. The van der Waals surface area contributed by atoms with Crippen LogP contribution in [0.1, 0.15) is 18.4 Å². The number of benzene rings is 1. The maximum Gasteiger partial charge on any atom is 0.414 e. The van der Waals surface area contributed by atoms with Gasteiger partial charge in [-0.2, -0.15) is 0 Å². The number of cyclic esters (lactones) is 1. The van der Waals surface area contributed by atoms with Crippen LogP contribution in [0.15, 0.2) is 24.3 Å². The Bertz CT molecular complexity index is 651. The van der Waals surface area contributed by atoms with Crippen LogP contribution < -0.4 is 10.6 Å². The second-order valence-electron chi connectivity index (χ2n) is 6.93. The van der Waals surface area contributed by atoms with E-state index in [1.165, 1.54) is 0 Å². The zero-order valence-electron chi connectivity index (χ0n) is 14.6. The van der Waals surface area contributed by atoms with Crippen molar-refractivity contribution in [2.75, 3.05) is 31.1 Å². The number of carboxylic acids is 1. The van der Waals surface area contributed by atoms with Crippen LogP contribution in [0.25, 0.3) is 0 Å². The molecule has 1 aromatic carbocycles. The van der Waals surface area contributed by atoms with Gasteiger partial charge in [0.05, 0.1) is 6.54 Å². The van der Waals surface area contributed by atoms with E-state index in [2.05, 4.69) is 4.90 Å². The van der Waals surface area contributed by atoms with E-state index >= 15 is 0 Å². The van der Waals surface area contributed by atoms with Gasteiger partial charge in [-0.25, -0.2) is 9.59 Å². The van der Waals surface area contributed by atoms with Crippen molar-refractivity contribution in [1.82, 2.24) is 4.90 Å². The first-order valence-corrected chi connectivity index (χ1v) is 8.88. The highest BCUT2D eigenvalue weighted by Crippen LogP contribution is 2.25. The Morgan fingerprint density at radius 3 is 2.69 bits per heavy atom. The zero-order chi connectivity index (χ0) is 18.7. The minimum absolute atomic E-state index is 0.280. The lowest BCUT2D eigenvalue weighted by Crippen LogP contribution is -2.46. The van der Waals surface area contributed by atoms with E-state index in [0.29, 0.717) is 32.6 Å². The number of carbonyl (C=O) groups excluding carboxylic acids is 1. The van der Waals surface area contributed by atoms with Crippen LogP contribution in [-0.4, -0.2) is 65.6 Å². The molecule has 4 N–H and O–H groups in total. The number of ether oxygens (including phenoxy) is 1. The Morgan fingerprint density at radius 1 is 1.31 bits per heavy atom. The summed E-state index contributed by atoms with van der Waals surface area (Å²) in [6.45, 7) is 2.73. The second-order valence-corrected chi connectivity index (χ2v) is 6.93. The summed E-state index contributed by atoms with van der Waals surface area (Å²) in [5, 5.41) is 18.8. The summed E-state index contributed by atoms with van der Waals surface area (Å²) in [5.41, 5.74) is 7.36. The summed E-state index contributed by atoms with van der Waals surface area (Å²) in [6, 6.07) is 7.48. The van der Waals surface area contributed by atoms with Gasteiger partial charge in [-0.3, -0.25) is 9.80 Å². The highest BCUT2D eigenvalue weighted by Gasteiger charge is 2.36. The van der Waals surface area contributed by atoms with Crippen LogP contribution in [0.4, 0.5) is 10.5 Å². The molecule has 2 fully saturated rings. The number of rotatable bonds is 6. The lowest BCUT2D eigenvalue weighted by atomic mass is 9.92. The maximum atomic E-state index is 12.2. The first kappa shape index (κ1) is 18.6. The van der Waals surface area contributed by atoms with E-state index in [1.807, 2.05) is 24.3 Å². The molecule has 26 heavy (non-hydrogen) atoms. The van der Waals surface area contributed by atoms with Crippen LogP contribution >= 0.6 is 0 Å². The summed E-state index contributed by atoms with van der Waals surface area (Å²) < 4.78 is 5.47. The molecule has 1 aromatic rings. The minimum atomic E-state index is -1.35. The fourth-order valence-corrected chi connectivity index (χ4v) is 3.64. The van der Waals surface area contributed by atoms with Gasteiger partial charge in [-0.1, -0.05) is 12.1 Å². The first-order chi connectivity index (χ1) is 12.5. The van der Waals surface area contributed by atoms with Gasteiger partial charge >= 0.3 is 12.1 Å². The zero-order valence-corrected chi connectivity index (χ0v) is 14.6. The Labute approximate surface area is 152 Å². The van der Waals surface area contributed by atoms with Crippen molar-refractivity contribution < 1.29 is 24.5 Å². The van der Waals surface area contributed by atoms with Gasteiger partial charge in [-0.05, 0) is 37.1 Å². The predicted molar refractivity (Wildman–Crippen MR) is 94.8 cm³/mol. The quantitative estimate of drug-likeness (QED) is 0.679. The molecule has 0 bridgehead atoms. The van der Waals surface area contributed by atoms with Crippen molar-refractivity contribution in [2.24, 2.45) is 11.7 Å². The number of aliphatic hydroxyl groups excluding tert-OH is 1. The smallest absolute Gasteiger partial charge is 0.414 e. The average Bonchev–Trinajstić information content (AvgIpc) is 3.01. The molecule has 142 valence electrons. The van der Waals surface area contributed by atoms with Crippen LogP contribution in [0.3, 0.4) is 0 Å². The van der Waals surface area contributed by atoms with Gasteiger partial charge in [0.1, 0.15) is 6.10 Å². The molecular formula is C18H25N3O5. The minimum Gasteiger partial charge on any atom is -0.479 e. The molecule has 3 unspecified atom stereocenters. The summed E-state index contributed by atoms with van der Waals surface area (Å²) in [6.07, 6.45) is -0.498. The lowest BCUT2D eigenvalue weighted by Gasteiger charge is -2.34. The molecule has 3 atom stereocenters. The average molecular weight is 363 g/mol.